The lowest BCUT2D eigenvalue weighted by Crippen LogP contribution is -1.99. The zero-order valence-electron chi connectivity index (χ0n) is 8.95. The Morgan fingerprint density at radius 2 is 1.93 bits per heavy atom. The number of anilines is 1. The highest BCUT2D eigenvalue weighted by atomic mass is 16.4. The summed E-state index contributed by atoms with van der Waals surface area (Å²) in [5.74, 6) is 1.62. The number of oxazole rings is 1. The molecular formula is C12H14N2O. The van der Waals surface area contributed by atoms with Gasteiger partial charge in [-0.15, -0.1) is 0 Å². The van der Waals surface area contributed by atoms with Crippen molar-refractivity contribution in [2.24, 2.45) is 0 Å². The van der Waals surface area contributed by atoms with Crippen LogP contribution in [-0.2, 0) is 6.54 Å². The lowest BCUT2D eigenvalue weighted by molar-refractivity contribution is 0.478. The van der Waals surface area contributed by atoms with Crippen LogP contribution in [-0.4, -0.2) is 4.98 Å². The van der Waals surface area contributed by atoms with Crippen molar-refractivity contribution >= 4 is 5.69 Å². The fourth-order valence-electron chi connectivity index (χ4n) is 1.35. The summed E-state index contributed by atoms with van der Waals surface area (Å²) >= 11 is 0. The van der Waals surface area contributed by atoms with E-state index < -0.39 is 0 Å². The first kappa shape index (κ1) is 9.77. The second-order valence-corrected chi connectivity index (χ2v) is 3.47. The van der Waals surface area contributed by atoms with Gasteiger partial charge in [-0.25, -0.2) is 4.98 Å². The molecule has 0 bridgehead atoms. The molecule has 0 aliphatic heterocycles. The molecule has 0 saturated carbocycles. The molecule has 2 aromatic rings. The number of para-hydroxylation sites is 1. The molecule has 1 aromatic carbocycles. The van der Waals surface area contributed by atoms with E-state index in [9.17, 15) is 0 Å². The molecule has 1 aromatic heterocycles. The molecule has 0 fully saturated rings. The Morgan fingerprint density at radius 1 is 1.20 bits per heavy atom. The third-order valence-corrected chi connectivity index (χ3v) is 2.29. The lowest BCUT2D eigenvalue weighted by atomic mass is 10.3. The smallest absolute Gasteiger partial charge is 0.213 e. The highest BCUT2D eigenvalue weighted by molar-refractivity contribution is 5.42. The highest BCUT2D eigenvalue weighted by Gasteiger charge is 2.04. The van der Waals surface area contributed by atoms with E-state index in [-0.39, 0.29) is 0 Å². The Bertz CT molecular complexity index is 415. The second-order valence-electron chi connectivity index (χ2n) is 3.47. The van der Waals surface area contributed by atoms with Crippen molar-refractivity contribution in [3.05, 3.63) is 47.7 Å². The van der Waals surface area contributed by atoms with Crippen LogP contribution in [0.2, 0.25) is 0 Å². The SMILES string of the molecule is Cc1nc(CNc2ccccc2)oc1C. The molecule has 0 aliphatic rings. The molecule has 2 rings (SSSR count). The monoisotopic (exact) mass is 202 g/mol. The van der Waals surface area contributed by atoms with Crippen molar-refractivity contribution in [2.75, 3.05) is 5.32 Å². The Labute approximate surface area is 89.1 Å². The molecule has 0 saturated heterocycles. The van der Waals surface area contributed by atoms with Crippen LogP contribution in [0.5, 0.6) is 0 Å². The van der Waals surface area contributed by atoms with Crippen molar-refractivity contribution in [2.45, 2.75) is 20.4 Å². The van der Waals surface area contributed by atoms with E-state index in [1.165, 1.54) is 0 Å². The zero-order valence-corrected chi connectivity index (χ0v) is 8.95. The molecule has 1 heterocycles. The standard InChI is InChI=1S/C12H14N2O/c1-9-10(2)15-12(14-9)8-13-11-6-4-3-5-7-11/h3-7,13H,8H2,1-2H3. The summed E-state index contributed by atoms with van der Waals surface area (Å²) in [6, 6.07) is 10.0. The Kier molecular flexibility index (Phi) is 2.72. The Balaban J connectivity index is 1.99. The van der Waals surface area contributed by atoms with Gasteiger partial charge in [-0.3, -0.25) is 0 Å². The summed E-state index contributed by atoms with van der Waals surface area (Å²) < 4.78 is 5.46. The van der Waals surface area contributed by atoms with E-state index in [4.69, 9.17) is 4.42 Å². The first-order chi connectivity index (χ1) is 7.25. The highest BCUT2D eigenvalue weighted by Crippen LogP contribution is 2.11. The lowest BCUT2D eigenvalue weighted by Gasteiger charge is -2.01. The zero-order chi connectivity index (χ0) is 10.7. The number of hydrogen-bond acceptors (Lipinski definition) is 3. The average Bonchev–Trinajstić information content (AvgIpc) is 2.57. The quantitative estimate of drug-likeness (QED) is 0.831. The van der Waals surface area contributed by atoms with Crippen LogP contribution in [0, 0.1) is 13.8 Å². The number of nitrogens with one attached hydrogen (secondary N) is 1. The van der Waals surface area contributed by atoms with Gasteiger partial charge in [0.25, 0.3) is 0 Å². The Hall–Kier alpha value is -1.77. The van der Waals surface area contributed by atoms with Gasteiger partial charge in [-0.05, 0) is 26.0 Å². The molecule has 0 atom stereocenters. The minimum atomic E-state index is 0.624. The van der Waals surface area contributed by atoms with E-state index in [2.05, 4.69) is 10.3 Å². The average molecular weight is 202 g/mol. The van der Waals surface area contributed by atoms with Crippen LogP contribution in [0.1, 0.15) is 17.3 Å². The third kappa shape index (κ3) is 2.37. The van der Waals surface area contributed by atoms with Gasteiger partial charge in [0.05, 0.1) is 12.2 Å². The summed E-state index contributed by atoms with van der Waals surface area (Å²) in [7, 11) is 0. The predicted octanol–water partition coefficient (Wildman–Crippen LogP) is 2.90. The summed E-state index contributed by atoms with van der Waals surface area (Å²) in [4.78, 5) is 4.30. The summed E-state index contributed by atoms with van der Waals surface area (Å²) in [6.07, 6.45) is 0. The maximum atomic E-state index is 5.46. The van der Waals surface area contributed by atoms with Gasteiger partial charge in [0.15, 0.2) is 0 Å². The number of hydrogen-bond donors (Lipinski definition) is 1. The molecule has 15 heavy (non-hydrogen) atoms. The van der Waals surface area contributed by atoms with E-state index in [1.54, 1.807) is 0 Å². The molecule has 0 radical (unpaired) electrons. The van der Waals surface area contributed by atoms with Gasteiger partial charge in [0.1, 0.15) is 5.76 Å². The summed E-state index contributed by atoms with van der Waals surface area (Å²) in [5, 5.41) is 3.25. The summed E-state index contributed by atoms with van der Waals surface area (Å²) in [6.45, 7) is 4.50. The van der Waals surface area contributed by atoms with Crippen LogP contribution in [0.25, 0.3) is 0 Å². The second kappa shape index (κ2) is 4.17. The molecular weight excluding hydrogens is 188 g/mol. The fourth-order valence-corrected chi connectivity index (χ4v) is 1.35. The molecule has 0 aliphatic carbocycles. The van der Waals surface area contributed by atoms with E-state index >= 15 is 0 Å². The van der Waals surface area contributed by atoms with Gasteiger partial charge in [-0.2, -0.15) is 0 Å². The number of rotatable bonds is 3. The van der Waals surface area contributed by atoms with Crippen molar-refractivity contribution < 1.29 is 4.42 Å². The van der Waals surface area contributed by atoms with Crippen LogP contribution in [0.15, 0.2) is 34.7 Å². The normalized spacial score (nSPS) is 10.3. The van der Waals surface area contributed by atoms with E-state index in [0.717, 1.165) is 23.0 Å². The van der Waals surface area contributed by atoms with Gasteiger partial charge in [-0.1, -0.05) is 18.2 Å². The number of nitrogens with zero attached hydrogens (tertiary/aromatic N) is 1. The van der Waals surface area contributed by atoms with Crippen LogP contribution < -0.4 is 5.32 Å². The predicted molar refractivity (Wildman–Crippen MR) is 59.7 cm³/mol. The number of benzene rings is 1. The largest absolute Gasteiger partial charge is 0.444 e. The van der Waals surface area contributed by atoms with Gasteiger partial charge < -0.3 is 9.73 Å². The van der Waals surface area contributed by atoms with Crippen molar-refractivity contribution in [3.63, 3.8) is 0 Å². The van der Waals surface area contributed by atoms with E-state index in [1.807, 2.05) is 44.2 Å². The molecule has 0 spiro atoms. The third-order valence-electron chi connectivity index (χ3n) is 2.29. The topological polar surface area (TPSA) is 38.1 Å². The fraction of sp³-hybridized carbons (Fsp3) is 0.250. The molecule has 78 valence electrons. The van der Waals surface area contributed by atoms with Crippen molar-refractivity contribution in [3.8, 4) is 0 Å². The first-order valence-corrected chi connectivity index (χ1v) is 4.97. The van der Waals surface area contributed by atoms with Crippen molar-refractivity contribution in [1.29, 1.82) is 0 Å². The maximum Gasteiger partial charge on any atom is 0.213 e. The minimum absolute atomic E-state index is 0.624. The summed E-state index contributed by atoms with van der Waals surface area (Å²) in [5.41, 5.74) is 2.03. The van der Waals surface area contributed by atoms with Crippen LogP contribution >= 0.6 is 0 Å². The van der Waals surface area contributed by atoms with Crippen LogP contribution in [0.4, 0.5) is 5.69 Å². The molecule has 1 N–H and O–H groups in total. The molecule has 0 unspecified atom stereocenters. The van der Waals surface area contributed by atoms with Gasteiger partial charge >= 0.3 is 0 Å². The van der Waals surface area contributed by atoms with Gasteiger partial charge in [0, 0.05) is 5.69 Å². The van der Waals surface area contributed by atoms with Gasteiger partial charge in [0.2, 0.25) is 5.89 Å². The van der Waals surface area contributed by atoms with Crippen LogP contribution in [0.3, 0.4) is 0 Å². The molecule has 3 nitrogen and oxygen atoms in total. The Morgan fingerprint density at radius 3 is 2.53 bits per heavy atom. The first-order valence-electron chi connectivity index (χ1n) is 4.97. The minimum Gasteiger partial charge on any atom is -0.444 e. The number of aryl methyl sites for hydroxylation is 2. The van der Waals surface area contributed by atoms with Crippen molar-refractivity contribution in [1.82, 2.24) is 4.98 Å². The molecule has 3 heteroatoms. The van der Waals surface area contributed by atoms with E-state index in [0.29, 0.717) is 6.54 Å². The molecule has 0 amide bonds. The number of aromatic nitrogens is 1. The maximum absolute atomic E-state index is 5.46.